The Morgan fingerprint density at radius 3 is 2.25 bits per heavy atom. The van der Waals surface area contributed by atoms with Crippen molar-refractivity contribution in [1.82, 2.24) is 9.97 Å². The van der Waals surface area contributed by atoms with E-state index >= 15 is 0 Å². The summed E-state index contributed by atoms with van der Waals surface area (Å²) in [5.74, 6) is 0. The van der Waals surface area contributed by atoms with Gasteiger partial charge in [-0.2, -0.15) is 0 Å². The number of pyridine rings is 1. The third kappa shape index (κ3) is 7.07. The molecule has 2 heterocycles. The zero-order valence-corrected chi connectivity index (χ0v) is 10.4. The van der Waals surface area contributed by atoms with Crippen LogP contribution in [0.2, 0.25) is 0 Å². The minimum atomic E-state index is 0. The van der Waals surface area contributed by atoms with Gasteiger partial charge in [0.1, 0.15) is 0 Å². The molecule has 0 saturated carbocycles. The molecule has 1 N–H and O–H groups in total. The number of nitrogens with one attached hydrogen (secondary N) is 1. The van der Waals surface area contributed by atoms with Crippen LogP contribution in [0.3, 0.4) is 0 Å². The van der Waals surface area contributed by atoms with E-state index in [1.54, 1.807) is 12.4 Å². The van der Waals surface area contributed by atoms with Crippen LogP contribution < -0.4 is 0 Å². The topological polar surface area (TPSA) is 28.7 Å². The van der Waals surface area contributed by atoms with E-state index in [0.29, 0.717) is 0 Å². The van der Waals surface area contributed by atoms with Crippen LogP contribution in [0.25, 0.3) is 0 Å². The molecule has 0 radical (unpaired) electrons. The summed E-state index contributed by atoms with van der Waals surface area (Å²) in [6, 6.07) is 9.90. The van der Waals surface area contributed by atoms with E-state index in [-0.39, 0.29) is 12.4 Å². The predicted octanol–water partition coefficient (Wildman–Crippen LogP) is 3.86. The molecule has 0 aliphatic rings. The van der Waals surface area contributed by atoms with Crippen molar-refractivity contribution in [2.24, 2.45) is 0 Å². The molecule has 0 fully saturated rings. The molecule has 0 atom stereocenters. The highest BCUT2D eigenvalue weighted by atomic mass is 35.5. The number of H-pyrrole nitrogens is 1. The first-order valence-electron chi connectivity index (χ1n) is 5.40. The van der Waals surface area contributed by atoms with Crippen LogP contribution in [0.15, 0.2) is 48.9 Å². The fourth-order valence-corrected chi connectivity index (χ4v) is 1.20. The number of rotatable bonds is 3. The van der Waals surface area contributed by atoms with Crippen molar-refractivity contribution in [3.8, 4) is 0 Å². The molecule has 0 spiro atoms. The maximum absolute atomic E-state index is 3.78. The van der Waals surface area contributed by atoms with Gasteiger partial charge in [0.25, 0.3) is 0 Å². The average molecular weight is 239 g/mol. The Morgan fingerprint density at radius 2 is 1.88 bits per heavy atom. The summed E-state index contributed by atoms with van der Waals surface area (Å²) >= 11 is 0. The van der Waals surface area contributed by atoms with Crippen molar-refractivity contribution in [2.75, 3.05) is 0 Å². The Bertz CT molecular complexity index is 292. The van der Waals surface area contributed by atoms with Gasteiger partial charge in [0, 0.05) is 24.3 Å². The molecule has 0 aliphatic carbocycles. The molecule has 0 aliphatic heterocycles. The minimum Gasteiger partial charge on any atom is -0.365 e. The third-order valence-corrected chi connectivity index (χ3v) is 2.03. The van der Waals surface area contributed by atoms with Crippen molar-refractivity contribution in [3.63, 3.8) is 0 Å². The van der Waals surface area contributed by atoms with E-state index in [0.717, 1.165) is 0 Å². The van der Waals surface area contributed by atoms with Crippen LogP contribution in [-0.2, 0) is 6.42 Å². The minimum absolute atomic E-state index is 0. The van der Waals surface area contributed by atoms with Crippen molar-refractivity contribution >= 4 is 12.4 Å². The lowest BCUT2D eigenvalue weighted by Gasteiger charge is -1.91. The first kappa shape index (κ1) is 14.7. The number of unbranched alkanes of at least 4 members (excludes halogenated alkanes) is 1. The van der Waals surface area contributed by atoms with E-state index in [4.69, 9.17) is 0 Å². The van der Waals surface area contributed by atoms with E-state index in [9.17, 15) is 0 Å². The van der Waals surface area contributed by atoms with Crippen LogP contribution in [0, 0.1) is 0 Å². The highest BCUT2D eigenvalue weighted by Crippen LogP contribution is 2.00. The van der Waals surface area contributed by atoms with Gasteiger partial charge in [0.15, 0.2) is 0 Å². The second kappa shape index (κ2) is 10.2. The highest BCUT2D eigenvalue weighted by Gasteiger charge is 1.88. The molecular formula is C13H19ClN2. The Hall–Kier alpha value is -1.28. The molecule has 2 aromatic rings. The fraction of sp³-hybridized carbons (Fsp3) is 0.308. The van der Waals surface area contributed by atoms with Gasteiger partial charge >= 0.3 is 0 Å². The quantitative estimate of drug-likeness (QED) is 0.864. The summed E-state index contributed by atoms with van der Waals surface area (Å²) in [5, 5.41) is 0. The summed E-state index contributed by atoms with van der Waals surface area (Å²) in [5.41, 5.74) is 1.36. The monoisotopic (exact) mass is 238 g/mol. The van der Waals surface area contributed by atoms with Gasteiger partial charge in [-0.05, 0) is 37.1 Å². The molecule has 0 amide bonds. The van der Waals surface area contributed by atoms with Crippen molar-refractivity contribution in [3.05, 3.63) is 54.6 Å². The normalized spacial score (nSPS) is 8.56. The van der Waals surface area contributed by atoms with Gasteiger partial charge < -0.3 is 4.98 Å². The molecule has 2 nitrogen and oxygen atoms in total. The first-order valence-corrected chi connectivity index (χ1v) is 5.40. The lowest BCUT2D eigenvalue weighted by molar-refractivity contribution is 0.781. The second-order valence-electron chi connectivity index (χ2n) is 3.32. The van der Waals surface area contributed by atoms with E-state index in [2.05, 4.69) is 23.0 Å². The van der Waals surface area contributed by atoms with Crippen LogP contribution in [0.4, 0.5) is 0 Å². The number of aromatic nitrogens is 2. The van der Waals surface area contributed by atoms with Gasteiger partial charge in [-0.15, -0.1) is 12.4 Å². The molecular weight excluding hydrogens is 220 g/mol. The molecule has 0 saturated heterocycles. The highest BCUT2D eigenvalue weighted by molar-refractivity contribution is 5.85. The zero-order valence-electron chi connectivity index (χ0n) is 9.60. The predicted molar refractivity (Wildman–Crippen MR) is 70.9 cm³/mol. The molecule has 2 rings (SSSR count). The van der Waals surface area contributed by atoms with Gasteiger partial charge in [-0.25, -0.2) is 0 Å². The smallest absolute Gasteiger partial charge is 0.0267 e. The maximum atomic E-state index is 3.78. The van der Waals surface area contributed by atoms with E-state index in [1.165, 1.54) is 25.0 Å². The second-order valence-corrected chi connectivity index (χ2v) is 3.32. The molecule has 2 aromatic heterocycles. The van der Waals surface area contributed by atoms with Gasteiger partial charge in [0.2, 0.25) is 0 Å². The standard InChI is InChI=1S/C8H13N.C5H5N.ClH/c1-2-3-5-8-6-4-7-9-8;1-2-4-6-5-3-1;/h4,6-7,9H,2-3,5H2,1H3;1-5H;1H. The number of nitrogens with zero attached hydrogens (tertiary/aromatic N) is 1. The molecule has 88 valence electrons. The zero-order chi connectivity index (χ0) is 10.8. The Labute approximate surface area is 104 Å². The Morgan fingerprint density at radius 1 is 1.12 bits per heavy atom. The molecule has 0 aromatic carbocycles. The summed E-state index contributed by atoms with van der Waals surface area (Å²) in [6.45, 7) is 2.21. The lowest BCUT2D eigenvalue weighted by atomic mass is 10.2. The fourth-order valence-electron chi connectivity index (χ4n) is 1.20. The van der Waals surface area contributed by atoms with Gasteiger partial charge in [-0.1, -0.05) is 19.4 Å². The number of hydrogen-bond donors (Lipinski definition) is 1. The van der Waals surface area contributed by atoms with Gasteiger partial charge in [-0.3, -0.25) is 4.98 Å². The average Bonchev–Trinajstić information content (AvgIpc) is 2.82. The van der Waals surface area contributed by atoms with Crippen LogP contribution in [-0.4, -0.2) is 9.97 Å². The van der Waals surface area contributed by atoms with Crippen LogP contribution >= 0.6 is 12.4 Å². The summed E-state index contributed by atoms with van der Waals surface area (Å²) in [7, 11) is 0. The Kier molecular flexibility index (Phi) is 9.43. The van der Waals surface area contributed by atoms with E-state index in [1.807, 2.05) is 30.5 Å². The van der Waals surface area contributed by atoms with Crippen molar-refractivity contribution in [2.45, 2.75) is 26.2 Å². The molecule has 0 unspecified atom stereocenters. The summed E-state index contributed by atoms with van der Waals surface area (Å²) in [6.07, 6.45) is 9.24. The van der Waals surface area contributed by atoms with Crippen molar-refractivity contribution < 1.29 is 0 Å². The van der Waals surface area contributed by atoms with Gasteiger partial charge in [0.05, 0.1) is 0 Å². The summed E-state index contributed by atoms with van der Waals surface area (Å²) < 4.78 is 0. The van der Waals surface area contributed by atoms with Crippen LogP contribution in [0.5, 0.6) is 0 Å². The third-order valence-electron chi connectivity index (χ3n) is 2.03. The first-order chi connectivity index (χ1) is 7.43. The van der Waals surface area contributed by atoms with E-state index < -0.39 is 0 Å². The number of halogens is 1. The number of aryl methyl sites for hydroxylation is 1. The number of hydrogen-bond acceptors (Lipinski definition) is 1. The molecule has 16 heavy (non-hydrogen) atoms. The summed E-state index contributed by atoms with van der Waals surface area (Å²) in [4.78, 5) is 6.96. The molecule has 0 bridgehead atoms. The van der Waals surface area contributed by atoms with Crippen molar-refractivity contribution in [1.29, 1.82) is 0 Å². The largest absolute Gasteiger partial charge is 0.365 e. The van der Waals surface area contributed by atoms with Crippen LogP contribution in [0.1, 0.15) is 25.5 Å². The Balaban J connectivity index is 0.000000283. The molecule has 3 heteroatoms. The maximum Gasteiger partial charge on any atom is 0.0267 e. The number of aromatic amines is 1. The lowest BCUT2D eigenvalue weighted by Crippen LogP contribution is -1.81. The SMILES string of the molecule is CCCCc1ccc[nH]1.Cl.c1ccncc1.